The summed E-state index contributed by atoms with van der Waals surface area (Å²) in [6.07, 6.45) is 3.66. The third kappa shape index (κ3) is 5.21. The number of nitrogens with one attached hydrogen (secondary N) is 1. The molecule has 0 spiro atoms. The Bertz CT molecular complexity index is 1030. The molecular weight excluding hydrogens is 419 g/mol. The molecule has 2 fully saturated rings. The van der Waals surface area contributed by atoms with Gasteiger partial charge in [-0.2, -0.15) is 0 Å². The van der Waals surface area contributed by atoms with Crippen molar-refractivity contribution in [2.45, 2.75) is 25.5 Å². The van der Waals surface area contributed by atoms with Crippen molar-refractivity contribution in [3.63, 3.8) is 0 Å². The molecule has 0 saturated carbocycles. The Morgan fingerprint density at radius 3 is 2.74 bits per heavy atom. The highest BCUT2D eigenvalue weighted by molar-refractivity contribution is 8.18. The summed E-state index contributed by atoms with van der Waals surface area (Å²) in [5, 5.41) is 2.47. The number of rotatable bonds is 6. The molecule has 2 aromatic rings. The molecule has 31 heavy (non-hydrogen) atoms. The van der Waals surface area contributed by atoms with E-state index in [0.29, 0.717) is 23.2 Å². The SMILES string of the molecule is O=C(NCC1CCCO1)c1ccc(/C=C2\SC(=O)N(Cc3cccc(F)c3)C2=O)cc1. The van der Waals surface area contributed by atoms with Gasteiger partial charge in [0.05, 0.1) is 17.6 Å². The summed E-state index contributed by atoms with van der Waals surface area (Å²) >= 11 is 0.844. The van der Waals surface area contributed by atoms with Gasteiger partial charge in [0, 0.05) is 18.7 Å². The van der Waals surface area contributed by atoms with E-state index in [9.17, 15) is 18.8 Å². The summed E-state index contributed by atoms with van der Waals surface area (Å²) < 4.78 is 18.9. The van der Waals surface area contributed by atoms with Crippen LogP contribution in [0.4, 0.5) is 9.18 Å². The van der Waals surface area contributed by atoms with Crippen molar-refractivity contribution in [2.24, 2.45) is 0 Å². The lowest BCUT2D eigenvalue weighted by atomic mass is 10.1. The Morgan fingerprint density at radius 2 is 2.03 bits per heavy atom. The highest BCUT2D eigenvalue weighted by Crippen LogP contribution is 2.33. The molecule has 0 aromatic heterocycles. The molecule has 160 valence electrons. The number of halogens is 1. The molecule has 2 aromatic carbocycles. The maximum absolute atomic E-state index is 13.4. The minimum Gasteiger partial charge on any atom is -0.376 e. The summed E-state index contributed by atoms with van der Waals surface area (Å²) in [5.41, 5.74) is 1.75. The fourth-order valence-corrected chi connectivity index (χ4v) is 4.29. The van der Waals surface area contributed by atoms with Crippen LogP contribution in [-0.2, 0) is 16.1 Å². The number of carbonyl (C=O) groups is 3. The Labute approximate surface area is 183 Å². The minimum absolute atomic E-state index is 0.0174. The molecule has 1 atom stereocenters. The van der Waals surface area contributed by atoms with Crippen LogP contribution in [0.25, 0.3) is 6.08 Å². The molecule has 2 saturated heterocycles. The van der Waals surface area contributed by atoms with E-state index in [2.05, 4.69) is 5.32 Å². The van der Waals surface area contributed by atoms with Gasteiger partial charge in [0.1, 0.15) is 5.82 Å². The average Bonchev–Trinajstić information content (AvgIpc) is 3.37. The van der Waals surface area contributed by atoms with E-state index in [-0.39, 0.29) is 23.5 Å². The zero-order valence-corrected chi connectivity index (χ0v) is 17.5. The Kier molecular flexibility index (Phi) is 6.48. The topological polar surface area (TPSA) is 75.7 Å². The number of hydrogen-bond acceptors (Lipinski definition) is 5. The van der Waals surface area contributed by atoms with Crippen molar-refractivity contribution in [1.82, 2.24) is 10.2 Å². The van der Waals surface area contributed by atoms with Crippen LogP contribution in [0, 0.1) is 5.82 Å². The Hall–Kier alpha value is -2.97. The number of carbonyl (C=O) groups excluding carboxylic acids is 3. The van der Waals surface area contributed by atoms with Crippen molar-refractivity contribution in [2.75, 3.05) is 13.2 Å². The summed E-state index contributed by atoms with van der Waals surface area (Å²) in [7, 11) is 0. The molecule has 0 bridgehead atoms. The first-order chi connectivity index (χ1) is 15.0. The highest BCUT2D eigenvalue weighted by atomic mass is 32.2. The van der Waals surface area contributed by atoms with Gasteiger partial charge >= 0.3 is 0 Å². The average molecular weight is 440 g/mol. The quantitative estimate of drug-likeness (QED) is 0.688. The first-order valence-corrected chi connectivity index (χ1v) is 10.8. The zero-order valence-electron chi connectivity index (χ0n) is 16.7. The first kappa shape index (κ1) is 21.3. The summed E-state index contributed by atoms with van der Waals surface area (Å²) in [6.45, 7) is 1.24. The summed E-state index contributed by atoms with van der Waals surface area (Å²) in [5.74, 6) is -1.02. The lowest BCUT2D eigenvalue weighted by Gasteiger charge is -2.12. The monoisotopic (exact) mass is 440 g/mol. The van der Waals surface area contributed by atoms with Crippen LogP contribution in [0.3, 0.4) is 0 Å². The number of ether oxygens (including phenoxy) is 1. The van der Waals surface area contributed by atoms with Crippen LogP contribution in [-0.4, -0.2) is 41.2 Å². The molecule has 8 heteroatoms. The second kappa shape index (κ2) is 9.45. The largest absolute Gasteiger partial charge is 0.376 e. The second-order valence-corrected chi connectivity index (χ2v) is 8.36. The number of hydrogen-bond donors (Lipinski definition) is 1. The van der Waals surface area contributed by atoms with E-state index in [1.54, 1.807) is 36.4 Å². The standard InChI is InChI=1S/C23H21FN2O4S/c24-18-4-1-3-16(11-18)14-26-22(28)20(31-23(26)29)12-15-6-8-17(9-7-15)21(27)25-13-19-5-2-10-30-19/h1,3-4,6-9,11-12,19H,2,5,10,13-14H2,(H,25,27)/b20-12-. The zero-order chi connectivity index (χ0) is 21.8. The number of nitrogens with zero attached hydrogens (tertiary/aromatic N) is 1. The van der Waals surface area contributed by atoms with Gasteiger partial charge in [-0.25, -0.2) is 4.39 Å². The lowest BCUT2D eigenvalue weighted by Crippen LogP contribution is -2.31. The highest BCUT2D eigenvalue weighted by Gasteiger charge is 2.35. The number of thioether (sulfide) groups is 1. The Morgan fingerprint density at radius 1 is 1.23 bits per heavy atom. The molecule has 3 amide bonds. The van der Waals surface area contributed by atoms with E-state index >= 15 is 0 Å². The van der Waals surface area contributed by atoms with E-state index in [0.717, 1.165) is 36.1 Å². The fraction of sp³-hybridized carbons (Fsp3) is 0.261. The van der Waals surface area contributed by atoms with Crippen molar-refractivity contribution in [3.8, 4) is 0 Å². The van der Waals surface area contributed by atoms with Gasteiger partial charge in [-0.3, -0.25) is 19.3 Å². The Balaban J connectivity index is 1.39. The smallest absolute Gasteiger partial charge is 0.293 e. The van der Waals surface area contributed by atoms with Gasteiger partial charge in [-0.1, -0.05) is 24.3 Å². The van der Waals surface area contributed by atoms with E-state index in [4.69, 9.17) is 4.74 Å². The fourth-order valence-electron chi connectivity index (χ4n) is 3.45. The molecule has 1 N–H and O–H groups in total. The van der Waals surface area contributed by atoms with Crippen molar-refractivity contribution in [3.05, 3.63) is 75.9 Å². The van der Waals surface area contributed by atoms with Crippen molar-refractivity contribution < 1.29 is 23.5 Å². The molecule has 1 unspecified atom stereocenters. The van der Waals surface area contributed by atoms with Gasteiger partial charge in [0.25, 0.3) is 17.1 Å². The normalized spacial score (nSPS) is 20.0. The van der Waals surface area contributed by atoms with Crippen LogP contribution >= 0.6 is 11.8 Å². The third-order valence-electron chi connectivity index (χ3n) is 5.09. The predicted molar refractivity (Wildman–Crippen MR) is 116 cm³/mol. The molecule has 6 nitrogen and oxygen atoms in total. The molecule has 0 aliphatic carbocycles. The molecule has 4 rings (SSSR count). The van der Waals surface area contributed by atoms with Crippen molar-refractivity contribution in [1.29, 1.82) is 0 Å². The molecule has 2 aliphatic rings. The van der Waals surface area contributed by atoms with Crippen LogP contribution in [0.1, 0.15) is 34.3 Å². The summed E-state index contributed by atoms with van der Waals surface area (Å²) in [4.78, 5) is 38.6. The van der Waals surface area contributed by atoms with Crippen molar-refractivity contribution >= 4 is 34.9 Å². The van der Waals surface area contributed by atoms with Gasteiger partial charge in [-0.05, 0) is 66.1 Å². The summed E-state index contributed by atoms with van der Waals surface area (Å²) in [6, 6.07) is 12.6. The lowest BCUT2D eigenvalue weighted by molar-refractivity contribution is -0.123. The third-order valence-corrected chi connectivity index (χ3v) is 6.00. The van der Waals surface area contributed by atoms with E-state index < -0.39 is 17.0 Å². The van der Waals surface area contributed by atoms with Crippen LogP contribution < -0.4 is 5.32 Å². The van der Waals surface area contributed by atoms with Gasteiger partial charge in [0.15, 0.2) is 0 Å². The second-order valence-electron chi connectivity index (χ2n) is 7.36. The molecule has 2 aliphatic heterocycles. The van der Waals surface area contributed by atoms with E-state index in [1.165, 1.54) is 18.2 Å². The maximum atomic E-state index is 13.4. The molecule has 2 heterocycles. The van der Waals surface area contributed by atoms with E-state index in [1.807, 2.05) is 0 Å². The number of benzene rings is 2. The molecule has 0 radical (unpaired) electrons. The maximum Gasteiger partial charge on any atom is 0.293 e. The predicted octanol–water partition coefficient (Wildman–Crippen LogP) is 3.97. The van der Waals surface area contributed by atoms with Crippen LogP contribution in [0.2, 0.25) is 0 Å². The minimum atomic E-state index is -0.419. The number of imide groups is 1. The first-order valence-electron chi connectivity index (χ1n) is 9.99. The van der Waals surface area contributed by atoms with Crippen LogP contribution in [0.15, 0.2) is 53.4 Å². The molecular formula is C23H21FN2O4S. The van der Waals surface area contributed by atoms with Crippen LogP contribution in [0.5, 0.6) is 0 Å². The van der Waals surface area contributed by atoms with Gasteiger partial charge in [-0.15, -0.1) is 0 Å². The van der Waals surface area contributed by atoms with Gasteiger partial charge in [0.2, 0.25) is 0 Å². The van der Waals surface area contributed by atoms with Gasteiger partial charge < -0.3 is 10.1 Å². The number of amides is 3.